The topological polar surface area (TPSA) is 24.5 Å². The summed E-state index contributed by atoms with van der Waals surface area (Å²) in [7, 11) is 0. The highest BCUT2D eigenvalue weighted by Gasteiger charge is 2.22. The average Bonchev–Trinajstić information content (AvgIpc) is 2.38. The average molecular weight is 270 g/mol. The van der Waals surface area contributed by atoms with Gasteiger partial charge in [-0.1, -0.05) is 0 Å². The molecule has 1 aromatic rings. The van der Waals surface area contributed by atoms with Crippen molar-refractivity contribution in [2.45, 2.75) is 26.0 Å². The first-order valence-corrected chi connectivity index (χ1v) is 6.61. The summed E-state index contributed by atoms with van der Waals surface area (Å²) in [5.74, 6) is -1.14. The Morgan fingerprint density at radius 3 is 2.89 bits per heavy atom. The minimum atomic E-state index is -0.573. The van der Waals surface area contributed by atoms with Crippen LogP contribution < -0.4 is 5.32 Å². The second kappa shape index (κ2) is 6.30. The van der Waals surface area contributed by atoms with Gasteiger partial charge in [-0.05, 0) is 26.0 Å². The van der Waals surface area contributed by atoms with Crippen LogP contribution in [0.2, 0.25) is 0 Å². The number of nitrogens with zero attached hydrogens (tertiary/aromatic N) is 1. The normalized spacial score (nSPS) is 20.8. The van der Waals surface area contributed by atoms with E-state index in [1.807, 2.05) is 0 Å². The van der Waals surface area contributed by atoms with Crippen LogP contribution in [0.4, 0.5) is 14.5 Å². The van der Waals surface area contributed by atoms with Crippen LogP contribution >= 0.6 is 0 Å². The fourth-order valence-corrected chi connectivity index (χ4v) is 2.19. The molecule has 5 heteroatoms. The van der Waals surface area contributed by atoms with Gasteiger partial charge in [0.15, 0.2) is 0 Å². The largest absolute Gasteiger partial charge is 0.380 e. The Kier molecular flexibility index (Phi) is 4.71. The lowest BCUT2D eigenvalue weighted by Gasteiger charge is -2.35. The molecular formula is C14H20F2N2O. The highest BCUT2D eigenvalue weighted by molar-refractivity contribution is 5.44. The first-order chi connectivity index (χ1) is 9.06. The lowest BCUT2D eigenvalue weighted by Crippen LogP contribution is -2.48. The van der Waals surface area contributed by atoms with E-state index in [1.165, 1.54) is 12.1 Å². The van der Waals surface area contributed by atoms with E-state index in [2.05, 4.69) is 24.1 Å². The van der Waals surface area contributed by atoms with Crippen molar-refractivity contribution >= 4 is 5.69 Å². The Balaban J connectivity index is 1.88. The Morgan fingerprint density at radius 1 is 1.42 bits per heavy atom. The molecule has 1 fully saturated rings. The summed E-state index contributed by atoms with van der Waals surface area (Å²) in [6, 6.07) is 4.01. The summed E-state index contributed by atoms with van der Waals surface area (Å²) in [4.78, 5) is 2.33. The van der Waals surface area contributed by atoms with Crippen molar-refractivity contribution in [3.05, 3.63) is 29.8 Å². The molecule has 1 heterocycles. The smallest absolute Gasteiger partial charge is 0.149 e. The Labute approximate surface area is 112 Å². The third-order valence-electron chi connectivity index (χ3n) is 3.35. The van der Waals surface area contributed by atoms with E-state index in [9.17, 15) is 8.78 Å². The first-order valence-electron chi connectivity index (χ1n) is 6.61. The van der Waals surface area contributed by atoms with Gasteiger partial charge < -0.3 is 10.1 Å². The summed E-state index contributed by atoms with van der Waals surface area (Å²) in [5.41, 5.74) is 0.312. The fourth-order valence-electron chi connectivity index (χ4n) is 2.19. The standard InChI is InChI=1S/C14H20F2N2O/c1-10(2)18-5-6-19-12(9-18)8-17-14-4-3-11(15)7-13(14)16/h3-4,7,10,12,17H,5-6,8-9H2,1-2H3. The van der Waals surface area contributed by atoms with Gasteiger partial charge in [0.1, 0.15) is 11.6 Å². The molecule has 1 aromatic carbocycles. The summed E-state index contributed by atoms with van der Waals surface area (Å²) in [6.07, 6.45) is 0.0283. The minimum absolute atomic E-state index is 0.0283. The maximum Gasteiger partial charge on any atom is 0.149 e. The number of benzene rings is 1. The molecule has 1 saturated heterocycles. The molecule has 0 aliphatic carbocycles. The van der Waals surface area contributed by atoms with Crippen molar-refractivity contribution in [1.29, 1.82) is 0 Å². The van der Waals surface area contributed by atoms with E-state index >= 15 is 0 Å². The van der Waals surface area contributed by atoms with Gasteiger partial charge in [0.05, 0.1) is 18.4 Å². The van der Waals surface area contributed by atoms with Crippen molar-refractivity contribution in [3.63, 3.8) is 0 Å². The molecule has 1 aliphatic rings. The van der Waals surface area contributed by atoms with Crippen LogP contribution in [0.3, 0.4) is 0 Å². The van der Waals surface area contributed by atoms with Gasteiger partial charge in [0, 0.05) is 31.7 Å². The summed E-state index contributed by atoms with van der Waals surface area (Å²) in [5, 5.41) is 2.98. The minimum Gasteiger partial charge on any atom is -0.380 e. The number of rotatable bonds is 4. The zero-order valence-electron chi connectivity index (χ0n) is 11.3. The van der Waals surface area contributed by atoms with Gasteiger partial charge in [-0.15, -0.1) is 0 Å². The molecular weight excluding hydrogens is 250 g/mol. The number of morpholine rings is 1. The van der Waals surface area contributed by atoms with Crippen molar-refractivity contribution in [2.75, 3.05) is 31.6 Å². The quantitative estimate of drug-likeness (QED) is 0.909. The number of ether oxygens (including phenoxy) is 1. The summed E-state index contributed by atoms with van der Waals surface area (Å²) < 4.78 is 31.9. The van der Waals surface area contributed by atoms with Gasteiger partial charge in [0.2, 0.25) is 0 Å². The Hall–Kier alpha value is -1.20. The van der Waals surface area contributed by atoms with E-state index in [4.69, 9.17) is 4.74 Å². The third kappa shape index (κ3) is 3.88. The molecule has 1 N–H and O–H groups in total. The summed E-state index contributed by atoms with van der Waals surface area (Å²) >= 11 is 0. The molecule has 0 aromatic heterocycles. The SMILES string of the molecule is CC(C)N1CCOC(CNc2ccc(F)cc2F)C1. The molecule has 2 rings (SSSR count). The lowest BCUT2D eigenvalue weighted by atomic mass is 10.2. The monoisotopic (exact) mass is 270 g/mol. The Bertz CT molecular complexity index is 426. The van der Waals surface area contributed by atoms with E-state index in [0.717, 1.165) is 19.2 Å². The first kappa shape index (κ1) is 14.2. The second-order valence-corrected chi connectivity index (χ2v) is 5.09. The number of nitrogens with one attached hydrogen (secondary N) is 1. The predicted molar refractivity (Wildman–Crippen MR) is 71.3 cm³/mol. The molecule has 1 unspecified atom stereocenters. The van der Waals surface area contributed by atoms with Crippen LogP contribution in [-0.4, -0.2) is 43.3 Å². The molecule has 106 valence electrons. The second-order valence-electron chi connectivity index (χ2n) is 5.09. The third-order valence-corrected chi connectivity index (χ3v) is 3.35. The van der Waals surface area contributed by atoms with E-state index in [-0.39, 0.29) is 6.10 Å². The molecule has 3 nitrogen and oxygen atoms in total. The molecule has 1 atom stereocenters. The van der Waals surface area contributed by atoms with Crippen LogP contribution in [0.1, 0.15) is 13.8 Å². The zero-order chi connectivity index (χ0) is 13.8. The van der Waals surface area contributed by atoms with Crippen LogP contribution in [-0.2, 0) is 4.74 Å². The number of anilines is 1. The molecule has 0 spiro atoms. The zero-order valence-corrected chi connectivity index (χ0v) is 11.3. The molecule has 0 saturated carbocycles. The van der Waals surface area contributed by atoms with Crippen LogP contribution in [0.25, 0.3) is 0 Å². The molecule has 0 amide bonds. The fraction of sp³-hybridized carbons (Fsp3) is 0.571. The molecule has 0 bridgehead atoms. The van der Waals surface area contributed by atoms with Crippen LogP contribution in [0.15, 0.2) is 18.2 Å². The molecule has 0 radical (unpaired) electrons. The van der Waals surface area contributed by atoms with Gasteiger partial charge in [-0.25, -0.2) is 8.78 Å². The van der Waals surface area contributed by atoms with E-state index in [0.29, 0.717) is 24.9 Å². The lowest BCUT2D eigenvalue weighted by molar-refractivity contribution is -0.0315. The van der Waals surface area contributed by atoms with Crippen molar-refractivity contribution in [3.8, 4) is 0 Å². The highest BCUT2D eigenvalue weighted by Crippen LogP contribution is 2.16. The number of hydrogen-bond acceptors (Lipinski definition) is 3. The summed E-state index contributed by atoms with van der Waals surface area (Å²) in [6.45, 7) is 7.26. The maximum atomic E-state index is 13.5. The molecule has 19 heavy (non-hydrogen) atoms. The van der Waals surface area contributed by atoms with E-state index < -0.39 is 11.6 Å². The molecule has 1 aliphatic heterocycles. The van der Waals surface area contributed by atoms with Crippen molar-refractivity contribution < 1.29 is 13.5 Å². The highest BCUT2D eigenvalue weighted by atomic mass is 19.1. The van der Waals surface area contributed by atoms with E-state index in [1.54, 1.807) is 0 Å². The number of halogens is 2. The van der Waals surface area contributed by atoms with Gasteiger partial charge in [0.25, 0.3) is 0 Å². The van der Waals surface area contributed by atoms with Gasteiger partial charge >= 0.3 is 0 Å². The van der Waals surface area contributed by atoms with Crippen molar-refractivity contribution in [1.82, 2.24) is 4.90 Å². The predicted octanol–water partition coefficient (Wildman–Crippen LogP) is 2.49. The Morgan fingerprint density at radius 2 is 2.21 bits per heavy atom. The van der Waals surface area contributed by atoms with Crippen LogP contribution in [0.5, 0.6) is 0 Å². The van der Waals surface area contributed by atoms with Crippen molar-refractivity contribution in [2.24, 2.45) is 0 Å². The van der Waals surface area contributed by atoms with Crippen LogP contribution in [0, 0.1) is 11.6 Å². The van der Waals surface area contributed by atoms with Gasteiger partial charge in [-0.3, -0.25) is 4.90 Å². The maximum absolute atomic E-state index is 13.5. The number of hydrogen-bond donors (Lipinski definition) is 1. The van der Waals surface area contributed by atoms with Gasteiger partial charge in [-0.2, -0.15) is 0 Å².